The van der Waals surface area contributed by atoms with Crippen molar-refractivity contribution in [2.75, 3.05) is 0 Å². The zero-order valence-corrected chi connectivity index (χ0v) is 9.19. The van der Waals surface area contributed by atoms with Gasteiger partial charge in [0.1, 0.15) is 4.90 Å². The molecule has 1 aromatic rings. The molecule has 0 unspecified atom stereocenters. The first-order chi connectivity index (χ1) is 5.82. The molecule has 0 spiro atoms. The van der Waals surface area contributed by atoms with Gasteiger partial charge in [-0.25, -0.2) is 0 Å². The number of hydrogen-bond donors (Lipinski definition) is 2. The first-order valence-corrected chi connectivity index (χ1v) is 5.59. The van der Waals surface area contributed by atoms with Crippen molar-refractivity contribution in [3.63, 3.8) is 0 Å². The van der Waals surface area contributed by atoms with Gasteiger partial charge in [-0.2, -0.15) is 8.42 Å². The molecule has 0 atom stereocenters. The van der Waals surface area contributed by atoms with Gasteiger partial charge in [-0.3, -0.25) is 4.55 Å². The average Bonchev–Trinajstić information content (AvgIpc) is 1.94. The Balaban J connectivity index is 3.56. The van der Waals surface area contributed by atoms with Crippen molar-refractivity contribution < 1.29 is 18.1 Å². The number of rotatable bonds is 1. The molecule has 0 saturated heterocycles. The summed E-state index contributed by atoms with van der Waals surface area (Å²) in [6.45, 7) is 0. The molecule has 0 aliphatic heterocycles. The van der Waals surface area contributed by atoms with Gasteiger partial charge < -0.3 is 5.11 Å². The molecule has 0 aliphatic carbocycles. The van der Waals surface area contributed by atoms with E-state index in [2.05, 4.69) is 15.9 Å². The van der Waals surface area contributed by atoms with Crippen molar-refractivity contribution in [3.8, 4) is 5.75 Å². The molecule has 4 nitrogen and oxygen atoms in total. The van der Waals surface area contributed by atoms with Crippen molar-refractivity contribution in [1.29, 1.82) is 0 Å². The summed E-state index contributed by atoms with van der Waals surface area (Å²) in [4.78, 5) is -0.619. The Morgan fingerprint density at radius 1 is 1.38 bits per heavy atom. The minimum Gasteiger partial charge on any atom is -0.505 e. The number of halogens is 2. The van der Waals surface area contributed by atoms with E-state index in [4.69, 9.17) is 16.2 Å². The molecule has 72 valence electrons. The summed E-state index contributed by atoms with van der Waals surface area (Å²) in [6.07, 6.45) is 0. The first-order valence-electron chi connectivity index (χ1n) is 2.98. The molecule has 0 saturated carbocycles. The number of phenols is 1. The van der Waals surface area contributed by atoms with E-state index in [0.717, 1.165) is 6.07 Å². The van der Waals surface area contributed by atoms with E-state index < -0.39 is 20.8 Å². The highest BCUT2D eigenvalue weighted by atomic mass is 79.9. The van der Waals surface area contributed by atoms with E-state index in [1.165, 1.54) is 6.07 Å². The summed E-state index contributed by atoms with van der Waals surface area (Å²) in [5.74, 6) is -0.563. The second-order valence-electron chi connectivity index (χ2n) is 2.21. The van der Waals surface area contributed by atoms with Crippen molar-refractivity contribution in [3.05, 3.63) is 21.6 Å². The van der Waals surface area contributed by atoms with E-state index in [0.29, 0.717) is 0 Å². The molecule has 7 heteroatoms. The van der Waals surface area contributed by atoms with Crippen molar-refractivity contribution in [2.24, 2.45) is 0 Å². The van der Waals surface area contributed by atoms with Gasteiger partial charge in [-0.15, -0.1) is 0 Å². The Labute approximate surface area is 88.0 Å². The summed E-state index contributed by atoms with van der Waals surface area (Å²) >= 11 is 8.39. The molecule has 0 bridgehead atoms. The molecule has 2 N–H and O–H groups in total. The highest BCUT2D eigenvalue weighted by Gasteiger charge is 2.18. The molecule has 0 radical (unpaired) electrons. The Hall–Kier alpha value is -0.300. The average molecular weight is 288 g/mol. The molecule has 1 rings (SSSR count). The van der Waals surface area contributed by atoms with E-state index >= 15 is 0 Å². The van der Waals surface area contributed by atoms with Crippen LogP contribution in [0.15, 0.2) is 21.5 Å². The lowest BCUT2D eigenvalue weighted by Crippen LogP contribution is -1.98. The maximum atomic E-state index is 10.7. The van der Waals surface area contributed by atoms with Crippen molar-refractivity contribution in [2.45, 2.75) is 4.90 Å². The second-order valence-corrected chi connectivity index (χ2v) is 4.89. The summed E-state index contributed by atoms with van der Waals surface area (Å²) in [5, 5.41) is 9.31. The molecule has 0 fully saturated rings. The fourth-order valence-corrected chi connectivity index (χ4v) is 2.38. The van der Waals surface area contributed by atoms with Crippen molar-refractivity contribution >= 4 is 37.6 Å². The zero-order valence-electron chi connectivity index (χ0n) is 6.03. The largest absolute Gasteiger partial charge is 0.505 e. The van der Waals surface area contributed by atoms with Crippen LogP contribution in [0.3, 0.4) is 0 Å². The Morgan fingerprint density at radius 2 is 1.92 bits per heavy atom. The van der Waals surface area contributed by atoms with Crippen LogP contribution in [0.4, 0.5) is 0 Å². The van der Waals surface area contributed by atoms with Gasteiger partial charge in [-0.1, -0.05) is 11.6 Å². The number of hydrogen-bond acceptors (Lipinski definition) is 3. The van der Waals surface area contributed by atoms with Gasteiger partial charge in [0.25, 0.3) is 10.1 Å². The monoisotopic (exact) mass is 286 g/mol. The fraction of sp³-hybridized carbons (Fsp3) is 0. The third-order valence-electron chi connectivity index (χ3n) is 1.27. The molecule has 0 heterocycles. The van der Waals surface area contributed by atoms with Crippen molar-refractivity contribution in [1.82, 2.24) is 0 Å². The van der Waals surface area contributed by atoms with E-state index in [9.17, 15) is 13.5 Å². The lowest BCUT2D eigenvalue weighted by molar-refractivity contribution is 0.440. The zero-order chi connectivity index (χ0) is 10.2. The summed E-state index contributed by atoms with van der Waals surface area (Å²) in [5.41, 5.74) is 0. The van der Waals surface area contributed by atoms with Crippen LogP contribution in [0.1, 0.15) is 0 Å². The lowest BCUT2D eigenvalue weighted by Gasteiger charge is -2.03. The Kier molecular flexibility index (Phi) is 2.86. The predicted molar refractivity (Wildman–Crippen MR) is 50.6 cm³/mol. The van der Waals surface area contributed by atoms with Crippen LogP contribution in [0.5, 0.6) is 5.75 Å². The fourth-order valence-electron chi connectivity index (χ4n) is 0.739. The van der Waals surface area contributed by atoms with Gasteiger partial charge in [0.15, 0.2) is 5.75 Å². The van der Waals surface area contributed by atoms with Gasteiger partial charge in [0, 0.05) is 5.02 Å². The Morgan fingerprint density at radius 3 is 2.38 bits per heavy atom. The van der Waals surface area contributed by atoms with Crippen LogP contribution in [0.2, 0.25) is 5.02 Å². The summed E-state index contributed by atoms with van der Waals surface area (Å²) < 4.78 is 30.1. The first kappa shape index (κ1) is 10.8. The molecule has 0 aromatic heterocycles. The third kappa shape index (κ3) is 2.34. The molecular weight excluding hydrogens is 283 g/mol. The van der Waals surface area contributed by atoms with E-state index in [1.54, 1.807) is 0 Å². The third-order valence-corrected chi connectivity index (χ3v) is 2.96. The number of aromatic hydroxyl groups is 1. The van der Waals surface area contributed by atoms with Gasteiger partial charge in [0.2, 0.25) is 0 Å². The van der Waals surface area contributed by atoms with Crippen LogP contribution in [0.25, 0.3) is 0 Å². The second kappa shape index (κ2) is 3.45. The highest BCUT2D eigenvalue weighted by molar-refractivity contribution is 9.10. The van der Waals surface area contributed by atoms with Gasteiger partial charge >= 0.3 is 0 Å². The quantitative estimate of drug-likeness (QED) is 0.775. The number of phenolic OH excluding ortho intramolecular Hbond substituents is 1. The summed E-state index contributed by atoms with van der Waals surface area (Å²) in [7, 11) is -4.44. The van der Waals surface area contributed by atoms with E-state index in [1.807, 2.05) is 0 Å². The normalized spacial score (nSPS) is 11.6. The van der Waals surface area contributed by atoms with Crippen LogP contribution in [-0.2, 0) is 10.1 Å². The van der Waals surface area contributed by atoms with Crippen LogP contribution < -0.4 is 0 Å². The highest BCUT2D eigenvalue weighted by Crippen LogP contribution is 2.33. The smallest absolute Gasteiger partial charge is 0.298 e. The van der Waals surface area contributed by atoms with Crippen LogP contribution >= 0.6 is 27.5 Å². The Bertz CT molecular complexity index is 442. The minimum absolute atomic E-state index is 0.0947. The van der Waals surface area contributed by atoms with Gasteiger partial charge in [0.05, 0.1) is 4.47 Å². The van der Waals surface area contributed by atoms with Crippen LogP contribution in [-0.4, -0.2) is 18.1 Å². The van der Waals surface area contributed by atoms with Crippen LogP contribution in [0, 0.1) is 0 Å². The molecule has 1 aromatic carbocycles. The van der Waals surface area contributed by atoms with E-state index in [-0.39, 0.29) is 9.50 Å². The molecule has 13 heavy (non-hydrogen) atoms. The maximum absolute atomic E-state index is 10.7. The topological polar surface area (TPSA) is 74.6 Å². The predicted octanol–water partition coefficient (Wildman–Crippen LogP) is 2.05. The lowest BCUT2D eigenvalue weighted by atomic mass is 10.3. The SMILES string of the molecule is O=S(=O)(O)c1cc(Cl)cc(Br)c1O. The molecule has 0 aliphatic rings. The van der Waals surface area contributed by atoms with Gasteiger partial charge in [-0.05, 0) is 28.1 Å². The minimum atomic E-state index is -4.44. The number of benzene rings is 1. The molecule has 0 amide bonds. The molecular formula is C6H4BrClO4S. The maximum Gasteiger partial charge on any atom is 0.298 e. The standard InChI is InChI=1S/C6H4BrClO4S/c7-4-1-3(8)2-5(6(4)9)13(10,11)12/h1-2,9H,(H,10,11,12). The summed E-state index contributed by atoms with van der Waals surface area (Å²) in [6, 6.07) is 2.27.